The van der Waals surface area contributed by atoms with Crippen molar-refractivity contribution in [2.45, 2.75) is 52.7 Å². The predicted octanol–water partition coefficient (Wildman–Crippen LogP) is 1.34. The average Bonchev–Trinajstić information content (AvgIpc) is 2.12. The molecule has 6 heteroatoms. The molecule has 106 valence electrons. The highest BCUT2D eigenvalue weighted by Gasteiger charge is 2.31. The normalized spacial score (nSPS) is 13.9. The van der Waals surface area contributed by atoms with E-state index in [0.717, 1.165) is 0 Å². The van der Waals surface area contributed by atoms with E-state index in [9.17, 15) is 9.59 Å². The molecule has 0 heterocycles. The van der Waals surface area contributed by atoms with Crippen LogP contribution in [-0.4, -0.2) is 35.4 Å². The number of hydrogen-bond donors (Lipinski definition) is 3. The van der Waals surface area contributed by atoms with Crippen molar-refractivity contribution in [2.75, 3.05) is 6.54 Å². The Morgan fingerprint density at radius 3 is 2.17 bits per heavy atom. The number of carbonyl (C=O) groups is 2. The van der Waals surface area contributed by atoms with E-state index in [2.05, 4.69) is 5.32 Å². The van der Waals surface area contributed by atoms with E-state index < -0.39 is 29.1 Å². The van der Waals surface area contributed by atoms with Crippen LogP contribution in [0.5, 0.6) is 0 Å². The molecule has 1 unspecified atom stereocenters. The van der Waals surface area contributed by atoms with Crippen LogP contribution in [-0.2, 0) is 9.53 Å². The molecule has 0 saturated heterocycles. The van der Waals surface area contributed by atoms with Crippen molar-refractivity contribution in [2.24, 2.45) is 11.1 Å². The van der Waals surface area contributed by atoms with Crippen molar-refractivity contribution >= 4 is 12.1 Å². The topological polar surface area (TPSA) is 102 Å². The van der Waals surface area contributed by atoms with Crippen LogP contribution in [0.15, 0.2) is 0 Å². The number of alkyl carbamates (subject to hydrolysis) is 1. The highest BCUT2D eigenvalue weighted by Crippen LogP contribution is 2.23. The molecule has 0 radical (unpaired) electrons. The van der Waals surface area contributed by atoms with Gasteiger partial charge in [0.1, 0.15) is 11.6 Å². The maximum absolute atomic E-state index is 11.4. The molecule has 0 aliphatic carbocycles. The molecule has 1 amide bonds. The van der Waals surface area contributed by atoms with Crippen LogP contribution in [0.1, 0.15) is 41.0 Å². The van der Waals surface area contributed by atoms with Gasteiger partial charge in [-0.25, -0.2) is 4.79 Å². The van der Waals surface area contributed by atoms with Crippen LogP contribution in [0.25, 0.3) is 0 Å². The molecule has 0 rings (SSSR count). The standard InChI is InChI=1S/C12H24N2O4/c1-11(2,3)18-10(17)14-7-6-12(4,5)8(13)9(15)16/h8H,6-7,13H2,1-5H3,(H,14,17)(H,15,16). The van der Waals surface area contributed by atoms with Gasteiger partial charge in [0.2, 0.25) is 0 Å². The average molecular weight is 260 g/mol. The highest BCUT2D eigenvalue weighted by atomic mass is 16.6. The smallest absolute Gasteiger partial charge is 0.407 e. The van der Waals surface area contributed by atoms with Crippen LogP contribution in [0.2, 0.25) is 0 Å². The van der Waals surface area contributed by atoms with Crippen LogP contribution < -0.4 is 11.1 Å². The van der Waals surface area contributed by atoms with E-state index in [1.165, 1.54) is 0 Å². The highest BCUT2D eigenvalue weighted by molar-refractivity contribution is 5.74. The predicted molar refractivity (Wildman–Crippen MR) is 68.2 cm³/mol. The van der Waals surface area contributed by atoms with Gasteiger partial charge in [0, 0.05) is 6.54 Å². The molecule has 0 aromatic carbocycles. The van der Waals surface area contributed by atoms with Gasteiger partial charge in [-0.1, -0.05) is 13.8 Å². The summed E-state index contributed by atoms with van der Waals surface area (Å²) in [5.41, 5.74) is 4.43. The third-order valence-electron chi connectivity index (χ3n) is 2.55. The fourth-order valence-corrected chi connectivity index (χ4v) is 1.29. The Morgan fingerprint density at radius 1 is 1.28 bits per heavy atom. The van der Waals surface area contributed by atoms with Gasteiger partial charge in [-0.2, -0.15) is 0 Å². The molecule has 0 aliphatic rings. The van der Waals surface area contributed by atoms with Gasteiger partial charge < -0.3 is 20.9 Å². The van der Waals surface area contributed by atoms with E-state index in [1.54, 1.807) is 34.6 Å². The lowest BCUT2D eigenvalue weighted by Crippen LogP contribution is -2.45. The molecule has 0 bridgehead atoms. The molecule has 0 aromatic heterocycles. The fraction of sp³-hybridized carbons (Fsp3) is 0.833. The quantitative estimate of drug-likeness (QED) is 0.692. The second kappa shape index (κ2) is 6.04. The van der Waals surface area contributed by atoms with Gasteiger partial charge in [-0.05, 0) is 32.6 Å². The lowest BCUT2D eigenvalue weighted by Gasteiger charge is -2.28. The largest absolute Gasteiger partial charge is 0.480 e. The zero-order chi connectivity index (χ0) is 14.6. The van der Waals surface area contributed by atoms with Gasteiger partial charge >= 0.3 is 12.1 Å². The molecular formula is C12H24N2O4. The summed E-state index contributed by atoms with van der Waals surface area (Å²) >= 11 is 0. The molecule has 18 heavy (non-hydrogen) atoms. The van der Waals surface area contributed by atoms with Crippen LogP contribution >= 0.6 is 0 Å². The SMILES string of the molecule is CC(C)(C)OC(=O)NCCC(C)(C)C(N)C(=O)O. The minimum absolute atomic E-state index is 0.322. The van der Waals surface area contributed by atoms with Gasteiger partial charge in [-0.3, -0.25) is 4.79 Å². The zero-order valence-corrected chi connectivity index (χ0v) is 11.7. The summed E-state index contributed by atoms with van der Waals surface area (Å²) in [5.74, 6) is -1.04. The number of ether oxygens (including phenoxy) is 1. The first-order valence-corrected chi connectivity index (χ1v) is 5.91. The molecule has 1 atom stereocenters. The molecule has 4 N–H and O–H groups in total. The lowest BCUT2D eigenvalue weighted by molar-refractivity contribution is -0.141. The molecular weight excluding hydrogens is 236 g/mol. The van der Waals surface area contributed by atoms with E-state index in [0.29, 0.717) is 13.0 Å². The minimum Gasteiger partial charge on any atom is -0.480 e. The molecule has 6 nitrogen and oxygen atoms in total. The zero-order valence-electron chi connectivity index (χ0n) is 11.7. The Bertz CT molecular complexity index is 308. The van der Waals surface area contributed by atoms with Crippen molar-refractivity contribution < 1.29 is 19.4 Å². The van der Waals surface area contributed by atoms with Crippen molar-refractivity contribution in [1.82, 2.24) is 5.32 Å². The Hall–Kier alpha value is -1.30. The molecule has 0 aromatic rings. The number of rotatable bonds is 5. The Balaban J connectivity index is 4.12. The number of carboxylic acids is 1. The van der Waals surface area contributed by atoms with Crippen LogP contribution in [0.3, 0.4) is 0 Å². The third kappa shape index (κ3) is 6.44. The van der Waals surface area contributed by atoms with Crippen LogP contribution in [0.4, 0.5) is 4.79 Å². The number of hydrogen-bond acceptors (Lipinski definition) is 4. The second-order valence-electron chi connectivity index (χ2n) is 5.98. The first-order valence-electron chi connectivity index (χ1n) is 5.91. The van der Waals surface area contributed by atoms with Gasteiger partial charge in [0.15, 0.2) is 0 Å². The third-order valence-corrected chi connectivity index (χ3v) is 2.55. The second-order valence-corrected chi connectivity index (χ2v) is 5.98. The lowest BCUT2D eigenvalue weighted by atomic mass is 9.82. The van der Waals surface area contributed by atoms with Gasteiger partial charge in [0.05, 0.1) is 0 Å². The summed E-state index contributed by atoms with van der Waals surface area (Å²) < 4.78 is 5.06. The summed E-state index contributed by atoms with van der Waals surface area (Å²) in [6.45, 7) is 9.15. The Labute approximate surface area is 108 Å². The molecule has 0 fully saturated rings. The van der Waals surface area contributed by atoms with Crippen molar-refractivity contribution in [1.29, 1.82) is 0 Å². The van der Waals surface area contributed by atoms with Gasteiger partial charge in [-0.15, -0.1) is 0 Å². The van der Waals surface area contributed by atoms with Gasteiger partial charge in [0.25, 0.3) is 0 Å². The van der Waals surface area contributed by atoms with Crippen molar-refractivity contribution in [3.8, 4) is 0 Å². The maximum Gasteiger partial charge on any atom is 0.407 e. The molecule has 0 spiro atoms. The first-order chi connectivity index (χ1) is 7.96. The van der Waals surface area contributed by atoms with E-state index in [4.69, 9.17) is 15.6 Å². The van der Waals surface area contributed by atoms with Crippen molar-refractivity contribution in [3.05, 3.63) is 0 Å². The number of aliphatic carboxylic acids is 1. The minimum atomic E-state index is -1.04. The Kier molecular flexibility index (Phi) is 5.60. The van der Waals surface area contributed by atoms with E-state index >= 15 is 0 Å². The summed E-state index contributed by atoms with van der Waals surface area (Å²) in [6, 6.07) is -0.960. The first kappa shape index (κ1) is 16.7. The van der Waals surface area contributed by atoms with E-state index in [1.807, 2.05) is 0 Å². The molecule has 0 aliphatic heterocycles. The monoisotopic (exact) mass is 260 g/mol. The fourth-order valence-electron chi connectivity index (χ4n) is 1.29. The summed E-state index contributed by atoms with van der Waals surface area (Å²) in [5, 5.41) is 11.4. The summed E-state index contributed by atoms with van der Waals surface area (Å²) in [7, 11) is 0. The number of nitrogens with two attached hydrogens (primary N) is 1. The maximum atomic E-state index is 11.4. The summed E-state index contributed by atoms with van der Waals surface area (Å²) in [4.78, 5) is 22.2. The van der Waals surface area contributed by atoms with E-state index in [-0.39, 0.29) is 0 Å². The Morgan fingerprint density at radius 2 is 1.78 bits per heavy atom. The number of carbonyl (C=O) groups excluding carboxylic acids is 1. The molecule has 0 saturated carbocycles. The number of carboxylic acid groups (broad SMARTS) is 1. The summed E-state index contributed by atoms with van der Waals surface area (Å²) in [6.07, 6.45) is -0.0538. The number of amides is 1. The van der Waals surface area contributed by atoms with Crippen LogP contribution in [0, 0.1) is 5.41 Å². The number of nitrogens with one attached hydrogen (secondary N) is 1. The van der Waals surface area contributed by atoms with Crippen molar-refractivity contribution in [3.63, 3.8) is 0 Å².